The molecule has 0 aromatic heterocycles. The fraction of sp³-hybridized carbons (Fsp3) is 0.500. The van der Waals surface area contributed by atoms with Gasteiger partial charge in [-0.05, 0) is 49.9 Å². The number of ether oxygens (including phenoxy) is 1. The van der Waals surface area contributed by atoms with Crippen molar-refractivity contribution >= 4 is 22.2 Å². The highest BCUT2D eigenvalue weighted by Crippen LogP contribution is 2.39. The summed E-state index contributed by atoms with van der Waals surface area (Å²) in [4.78, 5) is 0.392. The lowest BCUT2D eigenvalue weighted by molar-refractivity contribution is 0.241. The molecule has 4 nitrogen and oxygen atoms in total. The van der Waals surface area contributed by atoms with E-state index in [0.717, 1.165) is 36.8 Å². The van der Waals surface area contributed by atoms with Crippen LogP contribution in [0.4, 0.5) is 0 Å². The lowest BCUT2D eigenvalue weighted by atomic mass is 9.88. The summed E-state index contributed by atoms with van der Waals surface area (Å²) in [6.07, 6.45) is 3.63. The number of fused-ring (bicyclic) bond motifs is 1. The van der Waals surface area contributed by atoms with Gasteiger partial charge < -0.3 is 4.74 Å². The maximum absolute atomic E-state index is 13.5. The molecule has 0 bridgehead atoms. The van der Waals surface area contributed by atoms with Crippen LogP contribution in [0.15, 0.2) is 53.4 Å². The fourth-order valence-electron chi connectivity index (χ4n) is 4.18. The van der Waals surface area contributed by atoms with Gasteiger partial charge in [0.1, 0.15) is 5.75 Å². The third kappa shape index (κ3) is 5.37. The summed E-state index contributed by atoms with van der Waals surface area (Å²) in [5.74, 6) is 0.713. The van der Waals surface area contributed by atoms with Crippen molar-refractivity contribution in [1.29, 1.82) is 0 Å². The summed E-state index contributed by atoms with van der Waals surface area (Å²) < 4.78 is 32.9. The van der Waals surface area contributed by atoms with Crippen molar-refractivity contribution in [3.8, 4) is 5.75 Å². The van der Waals surface area contributed by atoms with E-state index in [1.165, 1.54) is 0 Å². The summed E-state index contributed by atoms with van der Waals surface area (Å²) in [5, 5.41) is 3.78. The molecule has 6 heteroatoms. The normalized spacial score (nSPS) is 22.6. The van der Waals surface area contributed by atoms with E-state index in [2.05, 4.69) is 31.3 Å². The zero-order valence-corrected chi connectivity index (χ0v) is 20.0. The zero-order chi connectivity index (χ0) is 21.1. The first-order chi connectivity index (χ1) is 13.8. The van der Waals surface area contributed by atoms with E-state index in [-0.39, 0.29) is 30.3 Å². The van der Waals surface area contributed by atoms with Crippen LogP contribution in [-0.4, -0.2) is 25.8 Å². The quantitative estimate of drug-likeness (QED) is 0.586. The van der Waals surface area contributed by atoms with Crippen LogP contribution in [0.2, 0.25) is 0 Å². The fourth-order valence-corrected chi connectivity index (χ4v) is 6.34. The maximum atomic E-state index is 13.5. The van der Waals surface area contributed by atoms with Gasteiger partial charge in [-0.3, -0.25) is 5.32 Å². The van der Waals surface area contributed by atoms with Gasteiger partial charge in [-0.15, -0.1) is 12.4 Å². The van der Waals surface area contributed by atoms with E-state index >= 15 is 0 Å². The Morgan fingerprint density at radius 1 is 1.13 bits per heavy atom. The Balaban J connectivity index is 0.00000320. The van der Waals surface area contributed by atoms with E-state index in [9.17, 15) is 8.42 Å². The van der Waals surface area contributed by atoms with Crippen molar-refractivity contribution in [3.05, 3.63) is 59.7 Å². The Bertz CT molecular complexity index is 931. The average molecular weight is 452 g/mol. The van der Waals surface area contributed by atoms with Crippen LogP contribution in [0.3, 0.4) is 0 Å². The van der Waals surface area contributed by atoms with Crippen molar-refractivity contribution < 1.29 is 13.2 Å². The highest BCUT2D eigenvalue weighted by molar-refractivity contribution is 7.91. The molecule has 2 atom stereocenters. The molecule has 30 heavy (non-hydrogen) atoms. The molecular weight excluding hydrogens is 418 g/mol. The van der Waals surface area contributed by atoms with Crippen LogP contribution >= 0.6 is 12.4 Å². The lowest BCUT2D eigenvalue weighted by Gasteiger charge is -2.35. The van der Waals surface area contributed by atoms with Crippen LogP contribution in [0, 0.1) is 0 Å². The van der Waals surface area contributed by atoms with Crippen molar-refractivity contribution in [3.63, 3.8) is 0 Å². The maximum Gasteiger partial charge on any atom is 0.180 e. The highest BCUT2D eigenvalue weighted by Gasteiger charge is 2.41. The summed E-state index contributed by atoms with van der Waals surface area (Å²) in [5.41, 5.74) is 1.44. The SMILES string of the molecule is CCCC[C@]1(CC)CS(=O)(=O)c2cc(OC(C)C)ccc2[C@H](c2ccccc2)N1.Cl. The number of halogens is 1. The van der Waals surface area contributed by atoms with Gasteiger partial charge in [0, 0.05) is 5.54 Å². The van der Waals surface area contributed by atoms with Crippen LogP contribution in [0.5, 0.6) is 5.75 Å². The second-order valence-electron chi connectivity index (χ2n) is 8.35. The van der Waals surface area contributed by atoms with Gasteiger partial charge >= 0.3 is 0 Å². The molecule has 2 aromatic carbocycles. The molecule has 0 unspecified atom stereocenters. The van der Waals surface area contributed by atoms with E-state index < -0.39 is 15.4 Å². The summed E-state index contributed by atoms with van der Waals surface area (Å²) in [6.45, 7) is 8.12. The van der Waals surface area contributed by atoms with Gasteiger partial charge in [-0.25, -0.2) is 8.42 Å². The number of benzene rings is 2. The van der Waals surface area contributed by atoms with Crippen LogP contribution in [-0.2, 0) is 9.84 Å². The number of hydrogen-bond donors (Lipinski definition) is 1. The summed E-state index contributed by atoms with van der Waals surface area (Å²) >= 11 is 0. The number of hydrogen-bond acceptors (Lipinski definition) is 4. The lowest BCUT2D eigenvalue weighted by Crippen LogP contribution is -2.50. The summed E-state index contributed by atoms with van der Waals surface area (Å²) in [6, 6.07) is 15.5. The topological polar surface area (TPSA) is 55.4 Å². The zero-order valence-electron chi connectivity index (χ0n) is 18.4. The average Bonchev–Trinajstić information content (AvgIpc) is 2.79. The predicted molar refractivity (Wildman–Crippen MR) is 125 cm³/mol. The molecule has 1 heterocycles. The largest absolute Gasteiger partial charge is 0.491 e. The van der Waals surface area contributed by atoms with E-state index in [1.807, 2.05) is 44.2 Å². The van der Waals surface area contributed by atoms with Gasteiger partial charge in [0.2, 0.25) is 0 Å². The van der Waals surface area contributed by atoms with Crippen LogP contribution < -0.4 is 10.1 Å². The van der Waals surface area contributed by atoms with Gasteiger partial charge in [-0.2, -0.15) is 0 Å². The molecule has 3 rings (SSSR count). The number of sulfone groups is 1. The Hall–Kier alpha value is -1.56. The minimum Gasteiger partial charge on any atom is -0.491 e. The number of nitrogens with one attached hydrogen (secondary N) is 1. The van der Waals surface area contributed by atoms with Crippen molar-refractivity contribution in [1.82, 2.24) is 5.32 Å². The predicted octanol–water partition coefficient (Wildman–Crippen LogP) is 5.70. The van der Waals surface area contributed by atoms with E-state index in [4.69, 9.17) is 4.74 Å². The molecule has 0 fully saturated rings. The van der Waals surface area contributed by atoms with Crippen LogP contribution in [0.1, 0.15) is 70.5 Å². The van der Waals surface area contributed by atoms with Gasteiger partial charge in [0.05, 0.1) is 22.8 Å². The first-order valence-electron chi connectivity index (χ1n) is 10.7. The van der Waals surface area contributed by atoms with Crippen LogP contribution in [0.25, 0.3) is 0 Å². The Morgan fingerprint density at radius 2 is 1.83 bits per heavy atom. The monoisotopic (exact) mass is 451 g/mol. The molecule has 0 aliphatic carbocycles. The number of unbranched alkanes of at least 4 members (excludes halogenated alkanes) is 1. The molecule has 2 aromatic rings. The molecule has 0 radical (unpaired) electrons. The van der Waals surface area contributed by atoms with Crippen molar-refractivity contribution in [2.75, 3.05) is 5.75 Å². The van der Waals surface area contributed by atoms with E-state index in [0.29, 0.717) is 10.6 Å². The molecule has 1 N–H and O–H groups in total. The second kappa shape index (κ2) is 10.2. The van der Waals surface area contributed by atoms with Gasteiger partial charge in [0.25, 0.3) is 0 Å². The molecule has 1 aliphatic rings. The first kappa shape index (κ1) is 24.7. The molecule has 0 saturated carbocycles. The third-order valence-electron chi connectivity index (χ3n) is 5.74. The number of rotatable bonds is 7. The molecular formula is C24H34ClNO3S. The minimum atomic E-state index is -3.47. The second-order valence-corrected chi connectivity index (χ2v) is 10.3. The molecule has 0 spiro atoms. The minimum absolute atomic E-state index is 0. The smallest absolute Gasteiger partial charge is 0.180 e. The van der Waals surface area contributed by atoms with Gasteiger partial charge in [-0.1, -0.05) is 63.1 Å². The Labute approximate surface area is 187 Å². The Morgan fingerprint density at radius 3 is 2.43 bits per heavy atom. The standard InChI is InChI=1S/C24H33NO3S.ClH/c1-5-7-15-24(6-2)17-29(26,27)22-16-20(28-18(3)4)13-14-21(22)23(25-24)19-11-9-8-10-12-19;/h8-14,16,18,23,25H,5-7,15,17H2,1-4H3;1H/t23-,24+;/m0./s1. The summed E-state index contributed by atoms with van der Waals surface area (Å²) in [7, 11) is -3.47. The third-order valence-corrected chi connectivity index (χ3v) is 7.69. The highest BCUT2D eigenvalue weighted by atomic mass is 35.5. The molecule has 0 saturated heterocycles. The van der Waals surface area contributed by atoms with Crippen molar-refractivity contribution in [2.24, 2.45) is 0 Å². The Kier molecular flexibility index (Phi) is 8.37. The van der Waals surface area contributed by atoms with E-state index in [1.54, 1.807) is 6.07 Å². The van der Waals surface area contributed by atoms with Gasteiger partial charge in [0.15, 0.2) is 9.84 Å². The molecule has 166 valence electrons. The van der Waals surface area contributed by atoms with Crippen molar-refractivity contribution in [2.45, 2.75) is 76.0 Å². The molecule has 0 amide bonds. The first-order valence-corrected chi connectivity index (χ1v) is 12.3. The molecule has 1 aliphatic heterocycles.